The first-order chi connectivity index (χ1) is 5.14. The largest absolute Gasteiger partial charge is 0.352 e. The topological polar surface area (TPSA) is 55.1 Å². The van der Waals surface area contributed by atoms with Gasteiger partial charge >= 0.3 is 6.03 Å². The van der Waals surface area contributed by atoms with Crippen LogP contribution in [0.1, 0.15) is 13.3 Å². The summed E-state index contributed by atoms with van der Waals surface area (Å²) >= 11 is 0. The molecule has 2 amide bonds. The predicted molar refractivity (Wildman–Crippen MR) is 41.9 cm³/mol. The Morgan fingerprint density at radius 2 is 2.55 bits per heavy atom. The maximum absolute atomic E-state index is 10.6. The first-order valence-corrected chi connectivity index (χ1v) is 3.89. The fraction of sp³-hybridized carbons (Fsp3) is 0.625. The zero-order valence-corrected chi connectivity index (χ0v) is 6.50. The highest BCUT2D eigenvalue weighted by Crippen LogP contribution is 2.56. The summed E-state index contributed by atoms with van der Waals surface area (Å²) in [6.45, 7) is 2.05. The van der Waals surface area contributed by atoms with Crippen molar-refractivity contribution in [2.45, 2.75) is 18.9 Å². The van der Waals surface area contributed by atoms with Crippen LogP contribution in [0.2, 0.25) is 0 Å². The third-order valence-electron chi connectivity index (χ3n) is 2.91. The second kappa shape index (κ2) is 1.78. The Morgan fingerprint density at radius 3 is 3.00 bits per heavy atom. The Morgan fingerprint density at radius 1 is 1.82 bits per heavy atom. The third-order valence-corrected chi connectivity index (χ3v) is 2.91. The van der Waals surface area contributed by atoms with Crippen molar-refractivity contribution in [2.75, 3.05) is 0 Å². The van der Waals surface area contributed by atoms with E-state index < -0.39 is 6.03 Å². The average molecular weight is 152 g/mol. The summed E-state index contributed by atoms with van der Waals surface area (Å²) in [5.41, 5.74) is 5.02. The molecule has 0 saturated heterocycles. The molecule has 2 aliphatic rings. The van der Waals surface area contributed by atoms with Crippen LogP contribution >= 0.6 is 0 Å². The van der Waals surface area contributed by atoms with Crippen molar-refractivity contribution in [3.8, 4) is 0 Å². The van der Waals surface area contributed by atoms with Gasteiger partial charge in [0.15, 0.2) is 0 Å². The molecule has 11 heavy (non-hydrogen) atoms. The minimum Gasteiger partial charge on any atom is -0.352 e. The van der Waals surface area contributed by atoms with Crippen LogP contribution in [-0.2, 0) is 0 Å². The van der Waals surface area contributed by atoms with Gasteiger partial charge in [0.1, 0.15) is 0 Å². The summed E-state index contributed by atoms with van der Waals surface area (Å²) in [7, 11) is 0. The third kappa shape index (κ3) is 0.768. The molecule has 0 radical (unpaired) electrons. The van der Waals surface area contributed by atoms with E-state index in [1.807, 2.05) is 0 Å². The lowest BCUT2D eigenvalue weighted by Crippen LogP contribution is -2.41. The highest BCUT2D eigenvalue weighted by atomic mass is 16.2. The van der Waals surface area contributed by atoms with Crippen LogP contribution in [-0.4, -0.2) is 11.6 Å². The van der Waals surface area contributed by atoms with E-state index in [4.69, 9.17) is 5.73 Å². The number of primary amides is 1. The Labute approximate surface area is 65.6 Å². The van der Waals surface area contributed by atoms with Gasteiger partial charge in [0.05, 0.1) is 0 Å². The lowest BCUT2D eigenvalue weighted by atomic mass is 10.1. The number of hydrogen-bond donors (Lipinski definition) is 2. The molecule has 0 spiro atoms. The molecule has 3 atom stereocenters. The van der Waals surface area contributed by atoms with Crippen molar-refractivity contribution >= 4 is 6.03 Å². The van der Waals surface area contributed by atoms with Gasteiger partial charge in [0, 0.05) is 11.5 Å². The molecule has 1 fully saturated rings. The van der Waals surface area contributed by atoms with Gasteiger partial charge in [-0.25, -0.2) is 4.79 Å². The fourth-order valence-electron chi connectivity index (χ4n) is 2.18. The molecular weight excluding hydrogens is 140 g/mol. The summed E-state index contributed by atoms with van der Waals surface area (Å²) in [6, 6.07) is -0.407. The molecule has 0 heterocycles. The number of fused-ring (bicyclic) bond motifs is 1. The molecule has 0 aliphatic heterocycles. The van der Waals surface area contributed by atoms with E-state index in [-0.39, 0.29) is 5.54 Å². The van der Waals surface area contributed by atoms with E-state index in [9.17, 15) is 4.79 Å². The van der Waals surface area contributed by atoms with E-state index in [1.165, 1.54) is 0 Å². The molecule has 3 nitrogen and oxygen atoms in total. The number of urea groups is 1. The molecule has 0 bridgehead atoms. The molecule has 3 unspecified atom stereocenters. The van der Waals surface area contributed by atoms with Crippen LogP contribution in [0.5, 0.6) is 0 Å². The number of hydrogen-bond acceptors (Lipinski definition) is 1. The Bertz CT molecular complexity index is 236. The Balaban J connectivity index is 2.05. The van der Waals surface area contributed by atoms with Gasteiger partial charge in [0.25, 0.3) is 0 Å². The maximum atomic E-state index is 10.6. The zero-order valence-electron chi connectivity index (χ0n) is 6.50. The monoisotopic (exact) mass is 152 g/mol. The zero-order chi connectivity index (χ0) is 8.06. The second-order valence-electron chi connectivity index (χ2n) is 3.57. The molecule has 0 aromatic carbocycles. The van der Waals surface area contributed by atoms with Crippen molar-refractivity contribution in [1.29, 1.82) is 0 Å². The molecule has 0 aromatic heterocycles. The minimum atomic E-state index is -0.407. The molecule has 2 aliphatic carbocycles. The fourth-order valence-corrected chi connectivity index (χ4v) is 2.18. The van der Waals surface area contributed by atoms with Gasteiger partial charge in [-0.2, -0.15) is 0 Å². The van der Waals surface area contributed by atoms with E-state index in [1.54, 1.807) is 0 Å². The van der Waals surface area contributed by atoms with Crippen LogP contribution in [0.15, 0.2) is 12.2 Å². The van der Waals surface area contributed by atoms with E-state index >= 15 is 0 Å². The standard InChI is InChI=1S/C8H12N2O/c1-8(10-7(9)11)5-3-2-4-6(5)8/h2-3,5-6H,4H2,1H3,(H3,9,10,11). The highest BCUT2D eigenvalue weighted by Gasteiger charge is 2.61. The number of carbonyl (C=O) groups is 1. The molecule has 3 heteroatoms. The van der Waals surface area contributed by atoms with E-state index in [2.05, 4.69) is 24.4 Å². The molecule has 3 N–H and O–H groups in total. The second-order valence-corrected chi connectivity index (χ2v) is 3.57. The normalized spacial score (nSPS) is 45.2. The Kier molecular flexibility index (Phi) is 1.09. The van der Waals surface area contributed by atoms with Crippen LogP contribution in [0.3, 0.4) is 0 Å². The highest BCUT2D eigenvalue weighted by molar-refractivity contribution is 5.73. The lowest BCUT2D eigenvalue weighted by Gasteiger charge is -2.12. The SMILES string of the molecule is CC1(NC(N)=O)C2C=CCC21. The average Bonchev–Trinajstić information content (AvgIpc) is 2.33. The molecular formula is C8H12N2O. The first kappa shape index (κ1) is 6.70. The van der Waals surface area contributed by atoms with Crippen molar-refractivity contribution in [2.24, 2.45) is 17.6 Å². The predicted octanol–water partition coefficient (Wildman–Crippen LogP) is 0.619. The molecule has 60 valence electrons. The van der Waals surface area contributed by atoms with Gasteiger partial charge < -0.3 is 11.1 Å². The van der Waals surface area contributed by atoms with Crippen LogP contribution in [0.4, 0.5) is 4.79 Å². The molecule has 0 aromatic rings. The van der Waals surface area contributed by atoms with Crippen molar-refractivity contribution in [3.63, 3.8) is 0 Å². The van der Waals surface area contributed by atoms with E-state index in [0.717, 1.165) is 6.42 Å². The summed E-state index contributed by atoms with van der Waals surface area (Å²) in [5, 5.41) is 2.78. The maximum Gasteiger partial charge on any atom is 0.312 e. The number of carbonyl (C=O) groups excluding carboxylic acids is 1. The molecule has 2 rings (SSSR count). The number of amides is 2. The number of nitrogens with two attached hydrogens (primary N) is 1. The van der Waals surface area contributed by atoms with Gasteiger partial charge in [-0.1, -0.05) is 12.2 Å². The summed E-state index contributed by atoms with van der Waals surface area (Å²) in [4.78, 5) is 10.6. The summed E-state index contributed by atoms with van der Waals surface area (Å²) in [5.74, 6) is 1.14. The quantitative estimate of drug-likeness (QED) is 0.532. The van der Waals surface area contributed by atoms with Crippen LogP contribution in [0, 0.1) is 11.8 Å². The summed E-state index contributed by atoms with van der Waals surface area (Å²) in [6.07, 6.45) is 5.42. The molecule has 1 saturated carbocycles. The first-order valence-electron chi connectivity index (χ1n) is 3.89. The van der Waals surface area contributed by atoms with Crippen molar-refractivity contribution in [3.05, 3.63) is 12.2 Å². The number of allylic oxidation sites excluding steroid dienone is 1. The van der Waals surface area contributed by atoms with Gasteiger partial charge in [0.2, 0.25) is 0 Å². The Hall–Kier alpha value is -0.990. The van der Waals surface area contributed by atoms with E-state index in [0.29, 0.717) is 11.8 Å². The van der Waals surface area contributed by atoms with Gasteiger partial charge in [-0.3, -0.25) is 0 Å². The van der Waals surface area contributed by atoms with Crippen molar-refractivity contribution < 1.29 is 4.79 Å². The number of nitrogens with one attached hydrogen (secondary N) is 1. The van der Waals surface area contributed by atoms with Gasteiger partial charge in [-0.05, 0) is 19.3 Å². The van der Waals surface area contributed by atoms with Crippen molar-refractivity contribution in [1.82, 2.24) is 5.32 Å². The van der Waals surface area contributed by atoms with Gasteiger partial charge in [-0.15, -0.1) is 0 Å². The number of rotatable bonds is 1. The lowest BCUT2D eigenvalue weighted by molar-refractivity contribution is 0.243. The minimum absolute atomic E-state index is 0.0272. The smallest absolute Gasteiger partial charge is 0.312 e. The summed E-state index contributed by atoms with van der Waals surface area (Å²) < 4.78 is 0. The van der Waals surface area contributed by atoms with Crippen LogP contribution < -0.4 is 11.1 Å². The van der Waals surface area contributed by atoms with Crippen LogP contribution in [0.25, 0.3) is 0 Å².